The predicted octanol–water partition coefficient (Wildman–Crippen LogP) is 1.37. The van der Waals surface area contributed by atoms with E-state index in [2.05, 4.69) is 10.1 Å². The zero-order valence-corrected chi connectivity index (χ0v) is 13.5. The zero-order valence-electron chi connectivity index (χ0n) is 13.5. The van der Waals surface area contributed by atoms with Crippen LogP contribution >= 0.6 is 0 Å². The predicted molar refractivity (Wildman–Crippen MR) is 87.2 cm³/mol. The van der Waals surface area contributed by atoms with E-state index in [1.807, 2.05) is 0 Å². The SMILES string of the molecule is COc1ccc(C(=O)N2CCc3c(nc4cc[nH]n4c3=O)C2)cc1F. The largest absolute Gasteiger partial charge is 0.494 e. The average Bonchev–Trinajstić information content (AvgIpc) is 3.09. The number of carbonyl (C=O) groups excluding carboxylic acids is 1. The van der Waals surface area contributed by atoms with Gasteiger partial charge in [0.1, 0.15) is 0 Å². The van der Waals surface area contributed by atoms with Crippen molar-refractivity contribution < 1.29 is 13.9 Å². The van der Waals surface area contributed by atoms with Gasteiger partial charge in [0, 0.05) is 29.9 Å². The van der Waals surface area contributed by atoms with Crippen molar-refractivity contribution in [3.63, 3.8) is 0 Å². The molecule has 0 saturated heterocycles. The number of H-pyrrole nitrogens is 1. The molecule has 1 amide bonds. The number of aromatic amines is 1. The minimum atomic E-state index is -0.587. The van der Waals surface area contributed by atoms with Gasteiger partial charge in [-0.15, -0.1) is 0 Å². The molecule has 0 spiro atoms. The van der Waals surface area contributed by atoms with E-state index in [4.69, 9.17) is 4.74 Å². The molecule has 0 radical (unpaired) electrons. The minimum absolute atomic E-state index is 0.0880. The van der Waals surface area contributed by atoms with Gasteiger partial charge >= 0.3 is 0 Å². The zero-order chi connectivity index (χ0) is 17.6. The molecule has 4 rings (SSSR count). The summed E-state index contributed by atoms with van der Waals surface area (Å²) in [5.74, 6) is -0.801. The fraction of sp³-hybridized carbons (Fsp3) is 0.235. The van der Waals surface area contributed by atoms with Crippen molar-refractivity contribution in [3.05, 3.63) is 63.5 Å². The molecule has 7 nitrogen and oxygen atoms in total. The number of rotatable bonds is 2. The molecule has 0 atom stereocenters. The monoisotopic (exact) mass is 342 g/mol. The number of nitrogens with one attached hydrogen (secondary N) is 1. The van der Waals surface area contributed by atoms with E-state index in [1.165, 1.54) is 23.8 Å². The minimum Gasteiger partial charge on any atom is -0.494 e. The van der Waals surface area contributed by atoms with Crippen LogP contribution in [0.4, 0.5) is 4.39 Å². The molecule has 3 aromatic rings. The Labute approximate surface area is 141 Å². The maximum Gasteiger partial charge on any atom is 0.276 e. The number of nitrogens with zero attached hydrogens (tertiary/aromatic N) is 3. The number of benzene rings is 1. The normalized spacial score (nSPS) is 13.8. The van der Waals surface area contributed by atoms with E-state index in [0.29, 0.717) is 29.9 Å². The summed E-state index contributed by atoms with van der Waals surface area (Å²) >= 11 is 0. The number of aromatic nitrogens is 3. The van der Waals surface area contributed by atoms with Gasteiger partial charge in [-0.25, -0.2) is 13.9 Å². The van der Waals surface area contributed by atoms with Crippen LogP contribution in [0.5, 0.6) is 5.75 Å². The molecule has 0 bridgehead atoms. The third kappa shape index (κ3) is 2.46. The van der Waals surface area contributed by atoms with Gasteiger partial charge in [-0.05, 0) is 24.6 Å². The van der Waals surface area contributed by atoms with Crippen LogP contribution < -0.4 is 10.3 Å². The first-order valence-corrected chi connectivity index (χ1v) is 7.79. The highest BCUT2D eigenvalue weighted by molar-refractivity contribution is 5.94. The second-order valence-corrected chi connectivity index (χ2v) is 5.82. The molecule has 0 saturated carbocycles. The van der Waals surface area contributed by atoms with Gasteiger partial charge in [0.05, 0.1) is 19.3 Å². The molecule has 1 N–H and O–H groups in total. The lowest BCUT2D eigenvalue weighted by Gasteiger charge is -2.27. The summed E-state index contributed by atoms with van der Waals surface area (Å²) in [6, 6.07) is 5.81. The summed E-state index contributed by atoms with van der Waals surface area (Å²) in [5.41, 5.74) is 1.78. The smallest absolute Gasteiger partial charge is 0.276 e. The van der Waals surface area contributed by atoms with Crippen LogP contribution in [0, 0.1) is 5.82 Å². The number of halogens is 1. The molecule has 1 aliphatic heterocycles. The van der Waals surface area contributed by atoms with Crippen LogP contribution in [-0.4, -0.2) is 39.1 Å². The van der Waals surface area contributed by atoms with Crippen LogP contribution in [-0.2, 0) is 13.0 Å². The van der Waals surface area contributed by atoms with E-state index in [9.17, 15) is 14.0 Å². The van der Waals surface area contributed by atoms with Gasteiger partial charge < -0.3 is 9.64 Å². The number of carbonyl (C=O) groups is 1. The van der Waals surface area contributed by atoms with Gasteiger partial charge in [0.15, 0.2) is 17.2 Å². The quantitative estimate of drug-likeness (QED) is 0.763. The van der Waals surface area contributed by atoms with Crippen LogP contribution in [0.15, 0.2) is 35.3 Å². The Morgan fingerprint density at radius 3 is 2.96 bits per heavy atom. The molecule has 1 aliphatic rings. The topological polar surface area (TPSA) is 79.7 Å². The van der Waals surface area contributed by atoms with Crippen molar-refractivity contribution in [1.82, 2.24) is 19.5 Å². The van der Waals surface area contributed by atoms with Crippen molar-refractivity contribution >= 4 is 11.6 Å². The second kappa shape index (κ2) is 5.73. The molecule has 128 valence electrons. The summed E-state index contributed by atoms with van der Waals surface area (Å²) in [6.45, 7) is 0.599. The summed E-state index contributed by atoms with van der Waals surface area (Å²) in [5, 5.41) is 2.82. The Morgan fingerprint density at radius 1 is 1.36 bits per heavy atom. The van der Waals surface area contributed by atoms with Crippen LogP contribution in [0.3, 0.4) is 0 Å². The Bertz CT molecular complexity index is 1040. The van der Waals surface area contributed by atoms with Crippen molar-refractivity contribution in [2.45, 2.75) is 13.0 Å². The van der Waals surface area contributed by atoms with E-state index in [-0.39, 0.29) is 29.3 Å². The highest BCUT2D eigenvalue weighted by atomic mass is 19.1. The molecular formula is C17H15FN4O3. The second-order valence-electron chi connectivity index (χ2n) is 5.82. The fourth-order valence-corrected chi connectivity index (χ4v) is 3.09. The third-order valence-corrected chi connectivity index (χ3v) is 4.38. The van der Waals surface area contributed by atoms with Crippen molar-refractivity contribution in [2.24, 2.45) is 0 Å². The van der Waals surface area contributed by atoms with E-state index in [1.54, 1.807) is 17.2 Å². The van der Waals surface area contributed by atoms with Crippen molar-refractivity contribution in [1.29, 1.82) is 0 Å². The Balaban J connectivity index is 1.66. The van der Waals surface area contributed by atoms with Crippen LogP contribution in [0.25, 0.3) is 5.65 Å². The Hall–Kier alpha value is -3.16. The number of hydrogen-bond donors (Lipinski definition) is 1. The van der Waals surface area contributed by atoms with Gasteiger partial charge in [0.2, 0.25) is 0 Å². The van der Waals surface area contributed by atoms with Crippen molar-refractivity contribution in [3.8, 4) is 5.75 Å². The molecule has 25 heavy (non-hydrogen) atoms. The van der Waals surface area contributed by atoms with E-state index < -0.39 is 5.82 Å². The highest BCUT2D eigenvalue weighted by Gasteiger charge is 2.26. The van der Waals surface area contributed by atoms with Crippen LogP contribution in [0.2, 0.25) is 0 Å². The number of ether oxygens (including phenoxy) is 1. The first-order chi connectivity index (χ1) is 12.1. The van der Waals surface area contributed by atoms with Crippen LogP contribution in [0.1, 0.15) is 21.6 Å². The van der Waals surface area contributed by atoms with Gasteiger partial charge in [-0.3, -0.25) is 14.7 Å². The number of amides is 1. The number of methoxy groups -OCH3 is 1. The van der Waals surface area contributed by atoms with Gasteiger partial charge in [-0.2, -0.15) is 0 Å². The third-order valence-electron chi connectivity index (χ3n) is 4.38. The fourth-order valence-electron chi connectivity index (χ4n) is 3.09. The lowest BCUT2D eigenvalue weighted by Crippen LogP contribution is -2.39. The van der Waals surface area contributed by atoms with Gasteiger partial charge in [-0.1, -0.05) is 0 Å². The van der Waals surface area contributed by atoms with Gasteiger partial charge in [0.25, 0.3) is 11.5 Å². The maximum atomic E-state index is 13.9. The number of fused-ring (bicyclic) bond motifs is 2. The summed E-state index contributed by atoms with van der Waals surface area (Å²) in [7, 11) is 1.37. The number of hydrogen-bond acceptors (Lipinski definition) is 4. The molecule has 1 aromatic carbocycles. The molecule has 0 fully saturated rings. The molecular weight excluding hydrogens is 327 g/mol. The average molecular weight is 342 g/mol. The Morgan fingerprint density at radius 2 is 2.20 bits per heavy atom. The molecule has 2 aromatic heterocycles. The molecule has 3 heterocycles. The van der Waals surface area contributed by atoms with Crippen molar-refractivity contribution in [2.75, 3.05) is 13.7 Å². The molecule has 0 aliphatic carbocycles. The van der Waals surface area contributed by atoms with E-state index >= 15 is 0 Å². The highest BCUT2D eigenvalue weighted by Crippen LogP contribution is 2.21. The standard InChI is InChI=1S/C17H15FN4O3/c1-25-14-3-2-10(8-12(14)18)16(23)21-7-5-11-13(9-21)20-15-4-6-19-22(15)17(11)24/h2-4,6,8,19H,5,7,9H2,1H3. The summed E-state index contributed by atoms with van der Waals surface area (Å²) in [6.07, 6.45) is 2.05. The first kappa shape index (κ1) is 15.4. The lowest BCUT2D eigenvalue weighted by molar-refractivity contribution is 0.0731. The maximum absolute atomic E-state index is 13.9. The molecule has 8 heteroatoms. The Kier molecular flexibility index (Phi) is 3.52. The lowest BCUT2D eigenvalue weighted by atomic mass is 10.1. The summed E-state index contributed by atoms with van der Waals surface area (Å²) in [4.78, 5) is 31.1. The molecule has 0 unspecified atom stereocenters. The first-order valence-electron chi connectivity index (χ1n) is 7.79. The summed E-state index contributed by atoms with van der Waals surface area (Å²) < 4.78 is 20.1. The van der Waals surface area contributed by atoms with E-state index in [0.717, 1.165) is 6.07 Å².